The Morgan fingerprint density at radius 2 is 2.16 bits per heavy atom. The molecule has 1 atom stereocenters. The number of thioether (sulfide) groups is 1. The standard InChI is InChI=1S/C12H23N5OS/c1-8(2)5-4-6-9(3)14-10(18)7-19-12-15-11(13)16-17-12/h8-9H,4-7H2,1-3H3,(H,14,18)(H3,13,15,16,17). The van der Waals surface area contributed by atoms with Gasteiger partial charge < -0.3 is 11.1 Å². The average Bonchev–Trinajstić information content (AvgIpc) is 2.72. The van der Waals surface area contributed by atoms with Crippen LogP contribution in [0.3, 0.4) is 0 Å². The number of amides is 1. The van der Waals surface area contributed by atoms with Gasteiger partial charge in [-0.3, -0.25) is 4.79 Å². The summed E-state index contributed by atoms with van der Waals surface area (Å²) in [4.78, 5) is 15.6. The van der Waals surface area contributed by atoms with Crippen LogP contribution in [0.5, 0.6) is 0 Å². The first-order chi connectivity index (χ1) is 8.97. The molecule has 1 aromatic heterocycles. The minimum absolute atomic E-state index is 0.00502. The quantitative estimate of drug-likeness (QED) is 0.633. The second kappa shape index (κ2) is 8.04. The van der Waals surface area contributed by atoms with Gasteiger partial charge in [0, 0.05) is 6.04 Å². The maximum atomic E-state index is 11.7. The average molecular weight is 285 g/mol. The number of anilines is 1. The van der Waals surface area contributed by atoms with Gasteiger partial charge in [0.25, 0.3) is 0 Å². The van der Waals surface area contributed by atoms with Gasteiger partial charge in [-0.25, -0.2) is 5.10 Å². The van der Waals surface area contributed by atoms with Gasteiger partial charge in [0.05, 0.1) is 5.75 Å². The first kappa shape index (κ1) is 15.8. The van der Waals surface area contributed by atoms with Crippen LogP contribution in [-0.2, 0) is 4.79 Å². The van der Waals surface area contributed by atoms with Crippen LogP contribution < -0.4 is 11.1 Å². The molecule has 0 fully saturated rings. The number of carbonyl (C=O) groups excluding carboxylic acids is 1. The lowest BCUT2D eigenvalue weighted by Crippen LogP contribution is -2.33. The molecule has 0 aromatic carbocycles. The van der Waals surface area contributed by atoms with Gasteiger partial charge in [-0.05, 0) is 19.3 Å². The summed E-state index contributed by atoms with van der Waals surface area (Å²) in [6.45, 7) is 6.46. The summed E-state index contributed by atoms with van der Waals surface area (Å²) in [5, 5.41) is 9.87. The maximum absolute atomic E-state index is 11.7. The van der Waals surface area contributed by atoms with Crippen molar-refractivity contribution in [3.05, 3.63) is 0 Å². The van der Waals surface area contributed by atoms with Crippen molar-refractivity contribution in [3.8, 4) is 0 Å². The molecule has 0 aliphatic carbocycles. The molecule has 0 radical (unpaired) electrons. The van der Waals surface area contributed by atoms with Gasteiger partial charge in [-0.15, -0.1) is 5.10 Å². The Bertz CT molecular complexity index is 393. The summed E-state index contributed by atoms with van der Waals surface area (Å²) in [6.07, 6.45) is 3.36. The van der Waals surface area contributed by atoms with Crippen molar-refractivity contribution in [3.63, 3.8) is 0 Å². The number of hydrogen-bond acceptors (Lipinski definition) is 5. The highest BCUT2D eigenvalue weighted by Gasteiger charge is 2.10. The molecule has 1 amide bonds. The lowest BCUT2D eigenvalue weighted by molar-refractivity contribution is -0.119. The zero-order valence-electron chi connectivity index (χ0n) is 11.8. The smallest absolute Gasteiger partial charge is 0.230 e. The predicted molar refractivity (Wildman–Crippen MR) is 77.8 cm³/mol. The third-order valence-corrected chi connectivity index (χ3v) is 3.49. The molecule has 0 aliphatic heterocycles. The van der Waals surface area contributed by atoms with Crippen molar-refractivity contribution in [2.24, 2.45) is 5.92 Å². The first-order valence-corrected chi connectivity index (χ1v) is 7.56. The minimum Gasteiger partial charge on any atom is -0.368 e. The molecular weight excluding hydrogens is 262 g/mol. The third kappa shape index (κ3) is 7.05. The lowest BCUT2D eigenvalue weighted by atomic mass is 10.0. The molecule has 7 heteroatoms. The molecule has 1 heterocycles. The monoisotopic (exact) mass is 285 g/mol. The number of carbonyl (C=O) groups is 1. The summed E-state index contributed by atoms with van der Waals surface area (Å²) >= 11 is 1.27. The van der Waals surface area contributed by atoms with Crippen molar-refractivity contribution < 1.29 is 4.79 Å². The van der Waals surface area contributed by atoms with Crippen molar-refractivity contribution in [1.82, 2.24) is 20.5 Å². The van der Waals surface area contributed by atoms with Crippen LogP contribution in [0.15, 0.2) is 5.16 Å². The predicted octanol–water partition coefficient (Wildman–Crippen LogP) is 1.81. The summed E-state index contributed by atoms with van der Waals surface area (Å²) in [5.74, 6) is 1.30. The number of H-pyrrole nitrogens is 1. The Labute approximate surface area is 118 Å². The largest absolute Gasteiger partial charge is 0.368 e. The molecule has 6 nitrogen and oxygen atoms in total. The van der Waals surface area contributed by atoms with Crippen molar-refractivity contribution in [2.75, 3.05) is 11.5 Å². The van der Waals surface area contributed by atoms with Gasteiger partial charge in [0.2, 0.25) is 17.0 Å². The Balaban J connectivity index is 2.16. The van der Waals surface area contributed by atoms with Crippen LogP contribution in [0.25, 0.3) is 0 Å². The molecule has 0 aliphatic rings. The normalized spacial score (nSPS) is 12.6. The number of nitrogens with zero attached hydrogens (tertiary/aromatic N) is 2. The molecular formula is C12H23N5OS. The number of nitrogen functional groups attached to an aromatic ring is 1. The van der Waals surface area contributed by atoms with Crippen molar-refractivity contribution in [2.45, 2.75) is 51.2 Å². The second-order valence-corrected chi connectivity index (χ2v) is 6.03. The van der Waals surface area contributed by atoms with Gasteiger partial charge in [-0.1, -0.05) is 38.5 Å². The summed E-state index contributed by atoms with van der Waals surface area (Å²) in [6, 6.07) is 0.212. The maximum Gasteiger partial charge on any atom is 0.230 e. The Morgan fingerprint density at radius 3 is 2.74 bits per heavy atom. The molecule has 0 saturated carbocycles. The fourth-order valence-electron chi connectivity index (χ4n) is 1.67. The Morgan fingerprint density at radius 1 is 1.42 bits per heavy atom. The zero-order valence-corrected chi connectivity index (χ0v) is 12.6. The number of aromatic amines is 1. The summed E-state index contributed by atoms with van der Waals surface area (Å²) in [5.41, 5.74) is 5.40. The van der Waals surface area contributed by atoms with E-state index < -0.39 is 0 Å². The van der Waals surface area contributed by atoms with E-state index in [4.69, 9.17) is 5.73 Å². The molecule has 1 aromatic rings. The molecule has 0 saturated heterocycles. The molecule has 4 N–H and O–H groups in total. The Kier molecular flexibility index (Phi) is 6.69. The Hall–Kier alpha value is -1.24. The van der Waals surface area contributed by atoms with E-state index in [1.807, 2.05) is 6.92 Å². The number of aromatic nitrogens is 3. The minimum atomic E-state index is 0.00502. The molecule has 0 bridgehead atoms. The van der Waals surface area contributed by atoms with Crippen LogP contribution in [0.1, 0.15) is 40.0 Å². The topological polar surface area (TPSA) is 96.7 Å². The highest BCUT2D eigenvalue weighted by molar-refractivity contribution is 7.99. The second-order valence-electron chi connectivity index (χ2n) is 5.09. The fraction of sp³-hybridized carbons (Fsp3) is 0.750. The van der Waals surface area contributed by atoms with Gasteiger partial charge >= 0.3 is 0 Å². The van der Waals surface area contributed by atoms with E-state index in [9.17, 15) is 4.79 Å². The van der Waals surface area contributed by atoms with E-state index in [2.05, 4.69) is 34.3 Å². The fourth-order valence-corrected chi connectivity index (χ4v) is 2.29. The van der Waals surface area contributed by atoms with E-state index in [0.29, 0.717) is 10.9 Å². The SMILES string of the molecule is CC(C)CCCC(C)NC(=O)CSc1n[nH]c(N)n1. The van der Waals surface area contributed by atoms with E-state index in [1.165, 1.54) is 18.2 Å². The summed E-state index contributed by atoms with van der Waals surface area (Å²) in [7, 11) is 0. The van der Waals surface area contributed by atoms with Crippen LogP contribution in [0.2, 0.25) is 0 Å². The molecule has 108 valence electrons. The highest BCUT2D eigenvalue weighted by atomic mass is 32.2. The number of hydrogen-bond donors (Lipinski definition) is 3. The molecule has 1 rings (SSSR count). The van der Waals surface area contributed by atoms with Crippen LogP contribution in [0, 0.1) is 5.92 Å². The highest BCUT2D eigenvalue weighted by Crippen LogP contribution is 2.12. The van der Waals surface area contributed by atoms with Crippen LogP contribution in [0.4, 0.5) is 5.95 Å². The van der Waals surface area contributed by atoms with E-state index in [1.54, 1.807) is 0 Å². The lowest BCUT2D eigenvalue weighted by Gasteiger charge is -2.14. The van der Waals surface area contributed by atoms with Gasteiger partial charge in [-0.2, -0.15) is 4.98 Å². The van der Waals surface area contributed by atoms with Crippen LogP contribution in [-0.4, -0.2) is 32.9 Å². The van der Waals surface area contributed by atoms with E-state index in [0.717, 1.165) is 18.8 Å². The molecule has 1 unspecified atom stereocenters. The number of nitrogens with one attached hydrogen (secondary N) is 2. The zero-order chi connectivity index (χ0) is 14.3. The van der Waals surface area contributed by atoms with Crippen molar-refractivity contribution >= 4 is 23.6 Å². The number of nitrogens with two attached hydrogens (primary N) is 1. The van der Waals surface area contributed by atoms with Gasteiger partial charge in [0.15, 0.2) is 0 Å². The summed E-state index contributed by atoms with van der Waals surface area (Å²) < 4.78 is 0. The van der Waals surface area contributed by atoms with Gasteiger partial charge in [0.1, 0.15) is 0 Å². The van der Waals surface area contributed by atoms with E-state index in [-0.39, 0.29) is 17.9 Å². The van der Waals surface area contributed by atoms with Crippen LogP contribution >= 0.6 is 11.8 Å². The molecule has 0 spiro atoms. The van der Waals surface area contributed by atoms with E-state index >= 15 is 0 Å². The number of rotatable bonds is 8. The third-order valence-electron chi connectivity index (χ3n) is 2.64. The first-order valence-electron chi connectivity index (χ1n) is 6.57. The molecule has 19 heavy (non-hydrogen) atoms. The van der Waals surface area contributed by atoms with Crippen molar-refractivity contribution in [1.29, 1.82) is 0 Å².